The lowest BCUT2D eigenvalue weighted by Crippen LogP contribution is -2.28. The van der Waals surface area contributed by atoms with E-state index in [1.807, 2.05) is 37.4 Å². The molecule has 0 unspecified atom stereocenters. The van der Waals surface area contributed by atoms with Gasteiger partial charge >= 0.3 is 0 Å². The van der Waals surface area contributed by atoms with E-state index in [2.05, 4.69) is 20.4 Å². The minimum atomic E-state index is -0.335. The van der Waals surface area contributed by atoms with Crippen molar-refractivity contribution in [3.8, 4) is 11.4 Å². The highest BCUT2D eigenvalue weighted by molar-refractivity contribution is 7.98. The van der Waals surface area contributed by atoms with Crippen LogP contribution in [0.5, 0.6) is 0 Å². The first-order valence-electron chi connectivity index (χ1n) is 9.20. The number of hydrogen-bond acceptors (Lipinski definition) is 5. The Kier molecular flexibility index (Phi) is 5.62. The lowest BCUT2D eigenvalue weighted by Gasteiger charge is -2.16. The summed E-state index contributed by atoms with van der Waals surface area (Å²) in [5.41, 5.74) is 2.89. The minimum absolute atomic E-state index is 0.225. The number of carbonyl (C=O) groups is 1. The van der Waals surface area contributed by atoms with E-state index in [0.717, 1.165) is 11.3 Å². The molecule has 0 aliphatic heterocycles. The van der Waals surface area contributed by atoms with Crippen LogP contribution in [0.2, 0.25) is 0 Å². The van der Waals surface area contributed by atoms with Gasteiger partial charge < -0.3 is 5.32 Å². The second-order valence-corrected chi connectivity index (χ2v) is 7.34. The summed E-state index contributed by atoms with van der Waals surface area (Å²) in [6.07, 6.45) is 6.51. The molecule has 4 aromatic rings. The van der Waals surface area contributed by atoms with Gasteiger partial charge in [-0.15, -0.1) is 0 Å². The number of benzene rings is 2. The number of nitrogens with zero attached hydrogens (tertiary/aromatic N) is 5. The van der Waals surface area contributed by atoms with Gasteiger partial charge in [0.05, 0.1) is 17.9 Å². The zero-order valence-electron chi connectivity index (χ0n) is 16.4. The van der Waals surface area contributed by atoms with Gasteiger partial charge in [0.15, 0.2) is 5.16 Å². The molecule has 2 aromatic heterocycles. The SMILES string of the molecule is CSc1ncc(C(=O)N[C@@H](C)c2ccc(-n3cncn3)cc2)n1-c1ccc(F)cc1. The lowest BCUT2D eigenvalue weighted by atomic mass is 10.1. The highest BCUT2D eigenvalue weighted by Crippen LogP contribution is 2.23. The van der Waals surface area contributed by atoms with Crippen molar-refractivity contribution in [1.82, 2.24) is 29.6 Å². The van der Waals surface area contributed by atoms with Crippen molar-refractivity contribution >= 4 is 17.7 Å². The molecule has 0 saturated carbocycles. The molecule has 0 bridgehead atoms. The molecule has 2 aromatic carbocycles. The van der Waals surface area contributed by atoms with Crippen molar-refractivity contribution < 1.29 is 9.18 Å². The van der Waals surface area contributed by atoms with Crippen LogP contribution >= 0.6 is 11.8 Å². The first-order valence-corrected chi connectivity index (χ1v) is 10.4. The Morgan fingerprint density at radius 1 is 1.10 bits per heavy atom. The van der Waals surface area contributed by atoms with Gasteiger partial charge in [0.2, 0.25) is 0 Å². The molecule has 0 saturated heterocycles. The standard InChI is InChI=1S/C21H19FN6OS/c1-14(15-3-7-17(8-4-15)27-13-23-12-25-27)26-20(29)19-11-24-21(30-2)28(19)18-9-5-16(22)6-10-18/h3-14H,1-2H3,(H,26,29)/t14-/m0/s1. The van der Waals surface area contributed by atoms with Gasteiger partial charge in [-0.3, -0.25) is 9.36 Å². The molecule has 152 valence electrons. The van der Waals surface area contributed by atoms with Gasteiger partial charge in [-0.05, 0) is 55.1 Å². The van der Waals surface area contributed by atoms with Crippen LogP contribution in [0.3, 0.4) is 0 Å². The fourth-order valence-corrected chi connectivity index (χ4v) is 3.63. The average molecular weight is 422 g/mol. The van der Waals surface area contributed by atoms with Crippen molar-refractivity contribution in [3.05, 3.63) is 84.5 Å². The van der Waals surface area contributed by atoms with E-state index in [4.69, 9.17) is 0 Å². The first kappa shape index (κ1) is 19.8. The smallest absolute Gasteiger partial charge is 0.270 e. The van der Waals surface area contributed by atoms with E-state index in [1.165, 1.54) is 36.4 Å². The maximum atomic E-state index is 13.3. The fourth-order valence-electron chi connectivity index (χ4n) is 3.09. The summed E-state index contributed by atoms with van der Waals surface area (Å²) in [6.45, 7) is 1.91. The van der Waals surface area contributed by atoms with Crippen LogP contribution < -0.4 is 5.32 Å². The monoisotopic (exact) mass is 422 g/mol. The Bertz CT molecular complexity index is 1140. The van der Waals surface area contributed by atoms with Crippen LogP contribution in [-0.4, -0.2) is 36.5 Å². The van der Waals surface area contributed by atoms with Crippen LogP contribution in [0.25, 0.3) is 11.4 Å². The van der Waals surface area contributed by atoms with Crippen LogP contribution in [0.1, 0.15) is 29.0 Å². The number of aromatic nitrogens is 5. The Morgan fingerprint density at radius 2 is 1.80 bits per heavy atom. The van der Waals surface area contributed by atoms with Gasteiger partial charge in [0.25, 0.3) is 5.91 Å². The Morgan fingerprint density at radius 3 is 2.43 bits per heavy atom. The quantitative estimate of drug-likeness (QED) is 0.478. The van der Waals surface area contributed by atoms with Crippen molar-refractivity contribution in [3.63, 3.8) is 0 Å². The largest absolute Gasteiger partial charge is 0.344 e. The number of rotatable bonds is 6. The molecule has 0 aliphatic rings. The van der Waals surface area contributed by atoms with Crippen LogP contribution in [0, 0.1) is 5.82 Å². The molecular weight excluding hydrogens is 403 g/mol. The third kappa shape index (κ3) is 3.97. The molecule has 7 nitrogen and oxygen atoms in total. The van der Waals surface area contributed by atoms with Gasteiger partial charge in [-0.25, -0.2) is 19.0 Å². The predicted molar refractivity (Wildman–Crippen MR) is 113 cm³/mol. The number of thioether (sulfide) groups is 1. The van der Waals surface area contributed by atoms with Crippen molar-refractivity contribution in [2.24, 2.45) is 0 Å². The number of hydrogen-bond donors (Lipinski definition) is 1. The van der Waals surface area contributed by atoms with Crippen LogP contribution in [0.4, 0.5) is 4.39 Å². The second kappa shape index (κ2) is 8.50. The number of nitrogens with one attached hydrogen (secondary N) is 1. The molecule has 2 heterocycles. The molecule has 1 amide bonds. The highest BCUT2D eigenvalue weighted by atomic mass is 32.2. The average Bonchev–Trinajstić information content (AvgIpc) is 3.44. The van der Waals surface area contributed by atoms with E-state index in [9.17, 15) is 9.18 Å². The highest BCUT2D eigenvalue weighted by Gasteiger charge is 2.20. The van der Waals surface area contributed by atoms with E-state index in [-0.39, 0.29) is 17.8 Å². The summed E-state index contributed by atoms with van der Waals surface area (Å²) in [5.74, 6) is -0.599. The topological polar surface area (TPSA) is 77.6 Å². The summed E-state index contributed by atoms with van der Waals surface area (Å²) in [4.78, 5) is 21.3. The van der Waals surface area contributed by atoms with E-state index in [1.54, 1.807) is 27.7 Å². The van der Waals surface area contributed by atoms with Crippen molar-refractivity contribution in [2.45, 2.75) is 18.1 Å². The summed E-state index contributed by atoms with van der Waals surface area (Å²) in [5, 5.41) is 7.76. The molecule has 30 heavy (non-hydrogen) atoms. The Labute approximate surface area is 177 Å². The number of halogens is 1. The molecule has 0 spiro atoms. The number of imidazole rings is 1. The molecule has 0 aliphatic carbocycles. The van der Waals surface area contributed by atoms with E-state index < -0.39 is 0 Å². The maximum Gasteiger partial charge on any atom is 0.270 e. The fraction of sp³-hybridized carbons (Fsp3) is 0.143. The molecular formula is C21H19FN6OS. The third-order valence-corrected chi connectivity index (χ3v) is 5.31. The predicted octanol–water partition coefficient (Wildman–Crippen LogP) is 3.81. The third-order valence-electron chi connectivity index (χ3n) is 4.65. The van der Waals surface area contributed by atoms with E-state index in [0.29, 0.717) is 16.5 Å². The first-order chi connectivity index (χ1) is 14.6. The van der Waals surface area contributed by atoms with Crippen LogP contribution in [0.15, 0.2) is 72.5 Å². The van der Waals surface area contributed by atoms with Gasteiger partial charge in [0, 0.05) is 5.69 Å². The molecule has 0 fully saturated rings. The van der Waals surface area contributed by atoms with Gasteiger partial charge in [0.1, 0.15) is 24.2 Å². The Balaban J connectivity index is 1.55. The lowest BCUT2D eigenvalue weighted by molar-refractivity contribution is 0.0932. The van der Waals surface area contributed by atoms with Gasteiger partial charge in [-0.1, -0.05) is 23.9 Å². The summed E-state index contributed by atoms with van der Waals surface area (Å²) in [7, 11) is 0. The van der Waals surface area contributed by atoms with Crippen LogP contribution in [-0.2, 0) is 0 Å². The van der Waals surface area contributed by atoms with E-state index >= 15 is 0 Å². The summed E-state index contributed by atoms with van der Waals surface area (Å²) >= 11 is 1.41. The summed E-state index contributed by atoms with van der Waals surface area (Å²) in [6, 6.07) is 13.5. The zero-order chi connectivity index (χ0) is 21.1. The number of carbonyl (C=O) groups excluding carboxylic acids is 1. The normalized spacial score (nSPS) is 12.0. The zero-order valence-corrected chi connectivity index (χ0v) is 17.2. The van der Waals surface area contributed by atoms with Crippen molar-refractivity contribution in [1.29, 1.82) is 0 Å². The number of amides is 1. The summed E-state index contributed by atoms with van der Waals surface area (Å²) < 4.78 is 16.7. The minimum Gasteiger partial charge on any atom is -0.344 e. The molecule has 0 radical (unpaired) electrons. The second-order valence-electron chi connectivity index (χ2n) is 6.57. The molecule has 9 heteroatoms. The molecule has 1 N–H and O–H groups in total. The molecule has 4 rings (SSSR count). The maximum absolute atomic E-state index is 13.3. The molecule has 1 atom stereocenters. The van der Waals surface area contributed by atoms with Crippen molar-refractivity contribution in [2.75, 3.05) is 6.26 Å². The Hall–Kier alpha value is -3.46. The van der Waals surface area contributed by atoms with Gasteiger partial charge in [-0.2, -0.15) is 5.10 Å².